The van der Waals surface area contributed by atoms with Gasteiger partial charge in [0, 0.05) is 18.8 Å². The zero-order chi connectivity index (χ0) is 13.8. The molecule has 1 unspecified atom stereocenters. The van der Waals surface area contributed by atoms with Crippen LogP contribution in [-0.2, 0) is 11.8 Å². The zero-order valence-corrected chi connectivity index (χ0v) is 10.6. The lowest BCUT2D eigenvalue weighted by molar-refractivity contribution is -0.139. The van der Waals surface area contributed by atoms with Crippen LogP contribution in [0.1, 0.15) is 11.6 Å². The fraction of sp³-hybridized carbons (Fsp3) is 0.222. The Bertz CT molecular complexity index is 581. The molecular weight excluding hydrogens is 272 g/mol. The zero-order valence-electron chi connectivity index (χ0n) is 9.77. The number of aromatic nitrogens is 4. The molecule has 0 saturated carbocycles. The quantitative estimate of drug-likeness (QED) is 0.737. The van der Waals surface area contributed by atoms with Gasteiger partial charge in [-0.15, -0.1) is 10.2 Å². The van der Waals surface area contributed by atoms with Gasteiger partial charge in [0.2, 0.25) is 5.13 Å². The monoisotopic (exact) mass is 282 g/mol. The van der Waals surface area contributed by atoms with E-state index in [2.05, 4.69) is 25.9 Å². The van der Waals surface area contributed by atoms with E-state index in [1.807, 2.05) is 0 Å². The van der Waals surface area contributed by atoms with Gasteiger partial charge in [0.1, 0.15) is 5.51 Å². The van der Waals surface area contributed by atoms with Gasteiger partial charge in [-0.05, 0) is 0 Å². The van der Waals surface area contributed by atoms with Gasteiger partial charge in [-0.1, -0.05) is 11.3 Å². The summed E-state index contributed by atoms with van der Waals surface area (Å²) in [6, 6.07) is -1.85. The molecule has 9 nitrogen and oxygen atoms in total. The van der Waals surface area contributed by atoms with Crippen LogP contribution in [0.15, 0.2) is 17.9 Å². The number of hydrogen-bond acceptors (Lipinski definition) is 6. The number of nitrogens with one attached hydrogen (secondary N) is 2. The van der Waals surface area contributed by atoms with E-state index in [9.17, 15) is 9.59 Å². The molecule has 2 amide bonds. The predicted molar refractivity (Wildman–Crippen MR) is 65.6 cm³/mol. The van der Waals surface area contributed by atoms with E-state index in [1.54, 1.807) is 7.05 Å². The maximum Gasteiger partial charge on any atom is 0.331 e. The van der Waals surface area contributed by atoms with Gasteiger partial charge in [0.25, 0.3) is 0 Å². The van der Waals surface area contributed by atoms with E-state index in [1.165, 1.54) is 22.6 Å². The first kappa shape index (κ1) is 13.0. The fourth-order valence-corrected chi connectivity index (χ4v) is 1.81. The summed E-state index contributed by atoms with van der Waals surface area (Å²) in [4.78, 5) is 22.8. The Balaban J connectivity index is 2.05. The number of amides is 2. The normalized spacial score (nSPS) is 11.8. The number of carboxylic acid groups (broad SMARTS) is 1. The Morgan fingerprint density at radius 1 is 1.53 bits per heavy atom. The van der Waals surface area contributed by atoms with Crippen LogP contribution in [0.5, 0.6) is 0 Å². The van der Waals surface area contributed by atoms with Crippen molar-refractivity contribution >= 4 is 28.5 Å². The molecule has 0 aliphatic carbocycles. The van der Waals surface area contributed by atoms with Crippen molar-refractivity contribution in [3.05, 3.63) is 23.5 Å². The van der Waals surface area contributed by atoms with Crippen molar-refractivity contribution in [3.8, 4) is 0 Å². The van der Waals surface area contributed by atoms with Gasteiger partial charge in [-0.25, -0.2) is 9.59 Å². The average Bonchev–Trinajstić information content (AvgIpc) is 2.97. The van der Waals surface area contributed by atoms with E-state index < -0.39 is 18.0 Å². The second-order valence-corrected chi connectivity index (χ2v) is 4.39. The van der Waals surface area contributed by atoms with Gasteiger partial charge in [0.15, 0.2) is 6.04 Å². The lowest BCUT2D eigenvalue weighted by atomic mass is 10.2. The summed E-state index contributed by atoms with van der Waals surface area (Å²) in [5, 5.41) is 25.1. The number of urea groups is 1. The predicted octanol–water partition coefficient (Wildman–Crippen LogP) is 0.219. The molecule has 2 aromatic heterocycles. The van der Waals surface area contributed by atoms with Crippen molar-refractivity contribution in [2.75, 3.05) is 5.32 Å². The van der Waals surface area contributed by atoms with Gasteiger partial charge < -0.3 is 10.4 Å². The number of nitrogens with zero attached hydrogens (tertiary/aromatic N) is 4. The Labute approximate surface area is 111 Å². The first-order valence-electron chi connectivity index (χ1n) is 5.11. The van der Waals surface area contributed by atoms with Gasteiger partial charge in [-0.3, -0.25) is 10.00 Å². The van der Waals surface area contributed by atoms with Gasteiger partial charge >= 0.3 is 12.0 Å². The minimum atomic E-state index is -1.18. The van der Waals surface area contributed by atoms with Crippen LogP contribution in [0.3, 0.4) is 0 Å². The molecule has 0 spiro atoms. The maximum absolute atomic E-state index is 11.6. The summed E-state index contributed by atoms with van der Waals surface area (Å²) in [5.41, 5.74) is 1.83. The number of aryl methyl sites for hydroxylation is 1. The average molecular weight is 282 g/mol. The summed E-state index contributed by atoms with van der Waals surface area (Å²) in [7, 11) is 1.66. The highest BCUT2D eigenvalue weighted by molar-refractivity contribution is 7.13. The van der Waals surface area contributed by atoms with E-state index in [4.69, 9.17) is 5.11 Å². The van der Waals surface area contributed by atoms with Crippen LogP contribution >= 0.6 is 11.3 Å². The number of anilines is 1. The molecule has 100 valence electrons. The van der Waals surface area contributed by atoms with E-state index in [0.29, 0.717) is 5.56 Å². The number of carbonyl (C=O) groups excluding carboxylic acids is 1. The highest BCUT2D eigenvalue weighted by Gasteiger charge is 2.23. The molecule has 0 radical (unpaired) electrons. The molecule has 0 aliphatic heterocycles. The first-order valence-corrected chi connectivity index (χ1v) is 5.99. The fourth-order valence-electron chi connectivity index (χ4n) is 1.37. The van der Waals surface area contributed by atoms with Crippen molar-refractivity contribution in [2.45, 2.75) is 6.04 Å². The Morgan fingerprint density at radius 2 is 2.32 bits per heavy atom. The number of aliphatic carboxylic acids is 1. The SMILES string of the molecule is Cn1cc(C(NC(=O)Nc2nncs2)C(=O)O)cn1. The molecule has 0 saturated heterocycles. The topological polar surface area (TPSA) is 122 Å². The Hall–Kier alpha value is -2.49. The van der Waals surface area contributed by atoms with Crippen LogP contribution in [0, 0.1) is 0 Å². The van der Waals surface area contributed by atoms with Crippen molar-refractivity contribution in [1.29, 1.82) is 0 Å². The molecule has 3 N–H and O–H groups in total. The summed E-state index contributed by atoms with van der Waals surface area (Å²) >= 11 is 1.13. The number of rotatable bonds is 4. The molecule has 0 aromatic carbocycles. The second kappa shape index (κ2) is 5.44. The third-order valence-electron chi connectivity index (χ3n) is 2.16. The van der Waals surface area contributed by atoms with Crippen molar-refractivity contribution in [3.63, 3.8) is 0 Å². The van der Waals surface area contributed by atoms with Crippen LogP contribution in [0.2, 0.25) is 0 Å². The minimum absolute atomic E-state index is 0.285. The van der Waals surface area contributed by atoms with Crippen LogP contribution in [0.4, 0.5) is 9.93 Å². The summed E-state index contributed by atoms with van der Waals surface area (Å²) < 4.78 is 1.45. The number of carbonyl (C=O) groups is 2. The standard InChI is InChI=1S/C9H10N6O3S/c1-15-3-5(2-11-15)6(7(16)17)12-8(18)13-9-14-10-4-19-9/h2-4,6H,1H3,(H,16,17)(H2,12,13,14,18). The molecule has 10 heteroatoms. The molecule has 2 aromatic rings. The first-order chi connectivity index (χ1) is 9.06. The smallest absolute Gasteiger partial charge is 0.331 e. The lowest BCUT2D eigenvalue weighted by Gasteiger charge is -2.12. The summed E-state index contributed by atoms with van der Waals surface area (Å²) in [5.74, 6) is -1.18. The van der Waals surface area contributed by atoms with Crippen molar-refractivity contribution in [1.82, 2.24) is 25.3 Å². The molecule has 2 rings (SSSR count). The number of carboxylic acids is 1. The summed E-state index contributed by atoms with van der Waals surface area (Å²) in [6.45, 7) is 0. The highest BCUT2D eigenvalue weighted by Crippen LogP contribution is 2.13. The van der Waals surface area contributed by atoms with Crippen LogP contribution < -0.4 is 10.6 Å². The molecule has 1 atom stereocenters. The maximum atomic E-state index is 11.6. The highest BCUT2D eigenvalue weighted by atomic mass is 32.1. The Morgan fingerprint density at radius 3 is 2.84 bits per heavy atom. The molecule has 0 bridgehead atoms. The van der Waals surface area contributed by atoms with Crippen LogP contribution in [0.25, 0.3) is 0 Å². The minimum Gasteiger partial charge on any atom is -0.479 e. The van der Waals surface area contributed by atoms with E-state index in [0.717, 1.165) is 11.3 Å². The second-order valence-electron chi connectivity index (χ2n) is 3.56. The van der Waals surface area contributed by atoms with Gasteiger partial charge in [-0.2, -0.15) is 5.10 Å². The van der Waals surface area contributed by atoms with E-state index in [-0.39, 0.29) is 5.13 Å². The van der Waals surface area contributed by atoms with Crippen molar-refractivity contribution < 1.29 is 14.7 Å². The molecule has 0 fully saturated rings. The van der Waals surface area contributed by atoms with Crippen LogP contribution in [-0.4, -0.2) is 37.1 Å². The third kappa shape index (κ3) is 3.25. The Kier molecular flexibility index (Phi) is 3.71. The van der Waals surface area contributed by atoms with Gasteiger partial charge in [0.05, 0.1) is 6.20 Å². The largest absolute Gasteiger partial charge is 0.479 e. The van der Waals surface area contributed by atoms with Crippen molar-refractivity contribution in [2.24, 2.45) is 7.05 Å². The molecular formula is C9H10N6O3S. The lowest BCUT2D eigenvalue weighted by Crippen LogP contribution is -2.36. The third-order valence-corrected chi connectivity index (χ3v) is 2.77. The number of hydrogen-bond donors (Lipinski definition) is 3. The molecule has 19 heavy (non-hydrogen) atoms. The van der Waals surface area contributed by atoms with E-state index >= 15 is 0 Å². The molecule has 0 aliphatic rings. The summed E-state index contributed by atoms with van der Waals surface area (Å²) in [6.07, 6.45) is 2.90. The molecule has 2 heterocycles.